The lowest BCUT2D eigenvalue weighted by molar-refractivity contribution is -0.384. The van der Waals surface area contributed by atoms with Crippen LogP contribution in [0.1, 0.15) is 30.1 Å². The SMILES string of the molecule is CCOCCCC(=O)Nc1ccc(C(=O)O)cc1[N+](=O)[O-]. The Morgan fingerprint density at radius 2 is 2.14 bits per heavy atom. The van der Waals surface area contributed by atoms with Gasteiger partial charge in [-0.25, -0.2) is 4.79 Å². The molecule has 21 heavy (non-hydrogen) atoms. The van der Waals surface area contributed by atoms with Gasteiger partial charge in [-0.3, -0.25) is 14.9 Å². The largest absolute Gasteiger partial charge is 0.478 e. The Kier molecular flexibility index (Phi) is 6.28. The Bertz CT molecular complexity index is 543. The molecule has 0 aliphatic heterocycles. The third kappa shape index (κ3) is 5.19. The first kappa shape index (κ1) is 16.6. The highest BCUT2D eigenvalue weighted by molar-refractivity contribution is 5.95. The fourth-order valence-corrected chi connectivity index (χ4v) is 1.61. The van der Waals surface area contributed by atoms with E-state index in [0.717, 1.165) is 6.07 Å². The summed E-state index contributed by atoms with van der Waals surface area (Å²) in [5.41, 5.74) is -0.685. The molecule has 8 heteroatoms. The van der Waals surface area contributed by atoms with Gasteiger partial charge in [-0.15, -0.1) is 0 Å². The molecule has 0 heterocycles. The van der Waals surface area contributed by atoms with Crippen molar-refractivity contribution in [2.75, 3.05) is 18.5 Å². The first-order chi connectivity index (χ1) is 9.95. The van der Waals surface area contributed by atoms with Crippen molar-refractivity contribution in [3.05, 3.63) is 33.9 Å². The van der Waals surface area contributed by atoms with Crippen LogP contribution in [0.3, 0.4) is 0 Å². The van der Waals surface area contributed by atoms with E-state index in [0.29, 0.717) is 19.6 Å². The molecule has 0 aliphatic rings. The van der Waals surface area contributed by atoms with E-state index in [9.17, 15) is 19.7 Å². The summed E-state index contributed by atoms with van der Waals surface area (Å²) < 4.78 is 5.08. The number of anilines is 1. The van der Waals surface area contributed by atoms with E-state index in [4.69, 9.17) is 9.84 Å². The van der Waals surface area contributed by atoms with Gasteiger partial charge in [0.05, 0.1) is 10.5 Å². The molecule has 1 amide bonds. The first-order valence-corrected chi connectivity index (χ1v) is 6.35. The number of carbonyl (C=O) groups is 2. The second-order valence-corrected chi connectivity index (χ2v) is 4.14. The number of hydrogen-bond acceptors (Lipinski definition) is 5. The summed E-state index contributed by atoms with van der Waals surface area (Å²) in [6.45, 7) is 2.83. The van der Waals surface area contributed by atoms with Crippen molar-refractivity contribution < 1.29 is 24.4 Å². The maximum atomic E-state index is 11.7. The van der Waals surface area contributed by atoms with Crippen LogP contribution in [-0.2, 0) is 9.53 Å². The molecule has 0 spiro atoms. The first-order valence-electron chi connectivity index (χ1n) is 6.35. The number of ether oxygens (including phenoxy) is 1. The number of amides is 1. The van der Waals surface area contributed by atoms with Gasteiger partial charge in [-0.2, -0.15) is 0 Å². The number of rotatable bonds is 8. The highest BCUT2D eigenvalue weighted by Gasteiger charge is 2.18. The fraction of sp³-hybridized carbons (Fsp3) is 0.385. The Hall–Kier alpha value is -2.48. The second-order valence-electron chi connectivity index (χ2n) is 4.14. The third-order valence-corrected chi connectivity index (χ3v) is 2.61. The highest BCUT2D eigenvalue weighted by atomic mass is 16.6. The Morgan fingerprint density at radius 3 is 2.71 bits per heavy atom. The summed E-state index contributed by atoms with van der Waals surface area (Å²) in [6, 6.07) is 3.32. The topological polar surface area (TPSA) is 119 Å². The van der Waals surface area contributed by atoms with E-state index in [1.165, 1.54) is 12.1 Å². The molecule has 1 aromatic carbocycles. The summed E-state index contributed by atoms with van der Waals surface area (Å²) in [4.78, 5) is 32.6. The number of nitro benzene ring substituents is 1. The number of aromatic carboxylic acids is 1. The van der Waals surface area contributed by atoms with Crippen LogP contribution >= 0.6 is 0 Å². The molecule has 0 radical (unpaired) electrons. The van der Waals surface area contributed by atoms with Crippen molar-refractivity contribution in [2.24, 2.45) is 0 Å². The maximum absolute atomic E-state index is 11.7. The monoisotopic (exact) mass is 296 g/mol. The standard InChI is InChI=1S/C13H16N2O6/c1-2-21-7-3-4-12(16)14-10-6-5-9(13(17)18)8-11(10)15(19)20/h5-6,8H,2-4,7H2,1H3,(H,14,16)(H,17,18). The van der Waals surface area contributed by atoms with Crippen molar-refractivity contribution in [2.45, 2.75) is 19.8 Å². The lowest BCUT2D eigenvalue weighted by atomic mass is 10.1. The molecular weight excluding hydrogens is 280 g/mol. The number of benzene rings is 1. The van der Waals surface area contributed by atoms with Gasteiger partial charge in [-0.1, -0.05) is 0 Å². The molecule has 8 nitrogen and oxygen atoms in total. The van der Waals surface area contributed by atoms with Crippen molar-refractivity contribution in [3.8, 4) is 0 Å². The number of carboxylic acid groups (broad SMARTS) is 1. The average molecular weight is 296 g/mol. The van der Waals surface area contributed by atoms with Gasteiger partial charge in [0.2, 0.25) is 5.91 Å². The summed E-state index contributed by atoms with van der Waals surface area (Å²) in [7, 11) is 0. The Balaban J connectivity index is 2.76. The molecular formula is C13H16N2O6. The van der Waals surface area contributed by atoms with Crippen LogP contribution in [-0.4, -0.2) is 35.1 Å². The van der Waals surface area contributed by atoms with Gasteiger partial charge in [-0.05, 0) is 25.5 Å². The van der Waals surface area contributed by atoms with Crippen molar-refractivity contribution in [1.29, 1.82) is 0 Å². The van der Waals surface area contributed by atoms with Gasteiger partial charge >= 0.3 is 5.97 Å². The molecule has 114 valence electrons. The van der Waals surface area contributed by atoms with E-state index in [-0.39, 0.29) is 23.6 Å². The van der Waals surface area contributed by atoms with E-state index >= 15 is 0 Å². The molecule has 0 saturated carbocycles. The fourth-order valence-electron chi connectivity index (χ4n) is 1.61. The van der Waals surface area contributed by atoms with Gasteiger partial charge in [0.15, 0.2) is 0 Å². The summed E-state index contributed by atoms with van der Waals surface area (Å²) in [5.74, 6) is -1.66. The lowest BCUT2D eigenvalue weighted by Gasteiger charge is -2.07. The van der Waals surface area contributed by atoms with E-state index < -0.39 is 16.6 Å². The second kappa shape index (κ2) is 7.95. The lowest BCUT2D eigenvalue weighted by Crippen LogP contribution is -2.14. The van der Waals surface area contributed by atoms with Gasteiger partial charge in [0, 0.05) is 25.7 Å². The number of hydrogen-bond donors (Lipinski definition) is 2. The number of nitro groups is 1. The van der Waals surface area contributed by atoms with Crippen LogP contribution in [0.15, 0.2) is 18.2 Å². The predicted molar refractivity (Wildman–Crippen MR) is 74.4 cm³/mol. The van der Waals surface area contributed by atoms with Gasteiger partial charge in [0.25, 0.3) is 5.69 Å². The minimum Gasteiger partial charge on any atom is -0.478 e. The maximum Gasteiger partial charge on any atom is 0.335 e. The van der Waals surface area contributed by atoms with Crippen LogP contribution in [0.2, 0.25) is 0 Å². The van der Waals surface area contributed by atoms with Crippen LogP contribution < -0.4 is 5.32 Å². The number of nitrogens with one attached hydrogen (secondary N) is 1. The van der Waals surface area contributed by atoms with Crippen LogP contribution in [0.5, 0.6) is 0 Å². The van der Waals surface area contributed by atoms with Crippen LogP contribution in [0, 0.1) is 10.1 Å². The summed E-state index contributed by atoms with van der Waals surface area (Å²) in [5, 5.41) is 22.1. The van der Waals surface area contributed by atoms with E-state index in [1.807, 2.05) is 6.92 Å². The van der Waals surface area contributed by atoms with Crippen molar-refractivity contribution >= 4 is 23.3 Å². The zero-order valence-corrected chi connectivity index (χ0v) is 11.5. The van der Waals surface area contributed by atoms with Gasteiger partial charge in [0.1, 0.15) is 5.69 Å². The van der Waals surface area contributed by atoms with Crippen molar-refractivity contribution in [3.63, 3.8) is 0 Å². The predicted octanol–water partition coefficient (Wildman–Crippen LogP) is 2.05. The smallest absolute Gasteiger partial charge is 0.335 e. The summed E-state index contributed by atoms with van der Waals surface area (Å²) >= 11 is 0. The minimum absolute atomic E-state index is 0.0218. The van der Waals surface area contributed by atoms with Crippen molar-refractivity contribution in [1.82, 2.24) is 0 Å². The molecule has 0 saturated heterocycles. The molecule has 0 aromatic heterocycles. The third-order valence-electron chi connectivity index (χ3n) is 2.61. The molecule has 0 unspecified atom stereocenters. The van der Waals surface area contributed by atoms with Crippen LogP contribution in [0.25, 0.3) is 0 Å². The molecule has 0 aliphatic carbocycles. The number of nitrogens with zero attached hydrogens (tertiary/aromatic N) is 1. The molecule has 1 rings (SSSR count). The molecule has 0 fully saturated rings. The normalized spacial score (nSPS) is 10.1. The van der Waals surface area contributed by atoms with E-state index in [1.54, 1.807) is 0 Å². The quantitative estimate of drug-likeness (QED) is 0.430. The number of carboxylic acids is 1. The zero-order valence-electron chi connectivity index (χ0n) is 11.5. The molecule has 0 bridgehead atoms. The van der Waals surface area contributed by atoms with Crippen LogP contribution in [0.4, 0.5) is 11.4 Å². The zero-order chi connectivity index (χ0) is 15.8. The summed E-state index contributed by atoms with van der Waals surface area (Å²) in [6.07, 6.45) is 0.665. The Labute approximate surface area is 120 Å². The highest BCUT2D eigenvalue weighted by Crippen LogP contribution is 2.25. The Morgan fingerprint density at radius 1 is 1.43 bits per heavy atom. The van der Waals surface area contributed by atoms with E-state index in [2.05, 4.69) is 5.32 Å². The van der Waals surface area contributed by atoms with Gasteiger partial charge < -0.3 is 15.2 Å². The molecule has 2 N–H and O–H groups in total. The minimum atomic E-state index is -1.27. The average Bonchev–Trinajstić information content (AvgIpc) is 2.43. The molecule has 0 atom stereocenters. The molecule has 1 aromatic rings. The number of carbonyl (C=O) groups excluding carboxylic acids is 1.